The minimum absolute atomic E-state index is 1.04. The fourth-order valence-corrected chi connectivity index (χ4v) is 1.31. The topological polar surface area (TPSA) is 57.5 Å². The second-order valence-electron chi connectivity index (χ2n) is 3.03. The van der Waals surface area contributed by atoms with Crippen molar-refractivity contribution in [3.05, 3.63) is 0 Å². The van der Waals surface area contributed by atoms with Crippen LogP contribution in [0.25, 0.3) is 0 Å². The number of hydrogen-bond donors (Lipinski definition) is 2. The first-order valence-corrected chi connectivity index (χ1v) is 4.05. The van der Waals surface area contributed by atoms with Gasteiger partial charge in [-0.15, -0.1) is 0 Å². The van der Waals surface area contributed by atoms with Gasteiger partial charge in [0.25, 0.3) is 0 Å². The van der Waals surface area contributed by atoms with Crippen LogP contribution in [0, 0.1) is 5.92 Å². The van der Waals surface area contributed by atoms with E-state index in [4.69, 9.17) is 15.0 Å². The fraction of sp³-hybridized carbons (Fsp3) is 0.875. The zero-order chi connectivity index (χ0) is 8.69. The summed E-state index contributed by atoms with van der Waals surface area (Å²) < 4.78 is 0. The molecule has 0 atom stereocenters. The van der Waals surface area contributed by atoms with Gasteiger partial charge in [-0.1, -0.05) is 39.0 Å². The first kappa shape index (κ1) is 10.3. The molecule has 0 aromatic heterocycles. The van der Waals surface area contributed by atoms with Crippen molar-refractivity contribution in [1.82, 2.24) is 0 Å². The van der Waals surface area contributed by atoms with Crippen LogP contribution in [0.4, 0.5) is 4.79 Å². The van der Waals surface area contributed by atoms with Gasteiger partial charge in [0.2, 0.25) is 0 Å². The van der Waals surface area contributed by atoms with Crippen LogP contribution in [-0.4, -0.2) is 16.4 Å². The van der Waals surface area contributed by atoms with Gasteiger partial charge < -0.3 is 10.2 Å². The van der Waals surface area contributed by atoms with Gasteiger partial charge in [0, 0.05) is 0 Å². The summed E-state index contributed by atoms with van der Waals surface area (Å²) in [5.41, 5.74) is 0. The van der Waals surface area contributed by atoms with Gasteiger partial charge in [-0.2, -0.15) is 0 Å². The van der Waals surface area contributed by atoms with Gasteiger partial charge >= 0.3 is 6.16 Å². The molecule has 1 saturated carbocycles. The SMILES string of the molecule is CC1CCCCC1.O=C(O)O. The van der Waals surface area contributed by atoms with Crippen LogP contribution in [-0.2, 0) is 0 Å². The highest BCUT2D eigenvalue weighted by Gasteiger charge is 2.05. The number of carbonyl (C=O) groups is 1. The smallest absolute Gasteiger partial charge is 0.450 e. The number of rotatable bonds is 0. The van der Waals surface area contributed by atoms with Crippen LogP contribution in [0.5, 0.6) is 0 Å². The van der Waals surface area contributed by atoms with E-state index >= 15 is 0 Å². The Hall–Kier alpha value is -0.730. The van der Waals surface area contributed by atoms with Crippen LogP contribution in [0.3, 0.4) is 0 Å². The summed E-state index contributed by atoms with van der Waals surface area (Å²) in [5, 5.41) is 13.9. The molecule has 2 N–H and O–H groups in total. The second kappa shape index (κ2) is 6.01. The van der Waals surface area contributed by atoms with Crippen LogP contribution < -0.4 is 0 Å². The van der Waals surface area contributed by atoms with Gasteiger partial charge in [-0.3, -0.25) is 0 Å². The molecular formula is C8H16O3. The van der Waals surface area contributed by atoms with Crippen molar-refractivity contribution < 1.29 is 15.0 Å². The molecule has 0 aromatic carbocycles. The van der Waals surface area contributed by atoms with Gasteiger partial charge in [0.05, 0.1) is 0 Å². The summed E-state index contributed by atoms with van der Waals surface area (Å²) in [6, 6.07) is 0. The summed E-state index contributed by atoms with van der Waals surface area (Å²) >= 11 is 0. The standard InChI is InChI=1S/C7H14.CH2O3/c1-7-5-3-2-4-6-7;2-1(3)4/h7H,2-6H2,1H3;(H2,2,3,4). The molecule has 66 valence electrons. The summed E-state index contributed by atoms with van der Waals surface area (Å²) in [4.78, 5) is 8.56. The molecule has 1 aliphatic carbocycles. The third-order valence-electron chi connectivity index (χ3n) is 1.89. The third kappa shape index (κ3) is 9.27. The zero-order valence-corrected chi connectivity index (χ0v) is 6.92. The van der Waals surface area contributed by atoms with E-state index in [9.17, 15) is 0 Å². The summed E-state index contributed by atoms with van der Waals surface area (Å²) in [5.74, 6) is 1.04. The van der Waals surface area contributed by atoms with E-state index in [0.29, 0.717) is 0 Å². The summed E-state index contributed by atoms with van der Waals surface area (Å²) in [7, 11) is 0. The Kier molecular flexibility index (Phi) is 5.61. The Morgan fingerprint density at radius 1 is 1.18 bits per heavy atom. The maximum absolute atomic E-state index is 8.56. The van der Waals surface area contributed by atoms with Gasteiger partial charge in [0.15, 0.2) is 0 Å². The molecule has 0 bridgehead atoms. The second-order valence-corrected chi connectivity index (χ2v) is 3.03. The molecule has 1 rings (SSSR count). The van der Waals surface area contributed by atoms with Crippen LogP contribution in [0.2, 0.25) is 0 Å². The Labute approximate surface area is 67.0 Å². The molecule has 1 fully saturated rings. The van der Waals surface area contributed by atoms with Crippen molar-refractivity contribution in [1.29, 1.82) is 0 Å². The summed E-state index contributed by atoms with van der Waals surface area (Å²) in [6.45, 7) is 2.36. The van der Waals surface area contributed by atoms with Crippen molar-refractivity contribution >= 4 is 6.16 Å². The van der Waals surface area contributed by atoms with E-state index in [2.05, 4.69) is 6.92 Å². The van der Waals surface area contributed by atoms with Crippen LogP contribution in [0.15, 0.2) is 0 Å². The normalized spacial score (nSPS) is 18.3. The Balaban J connectivity index is 0.000000218. The first-order chi connectivity index (χ1) is 5.13. The van der Waals surface area contributed by atoms with E-state index in [1.54, 1.807) is 0 Å². The average Bonchev–Trinajstić information content (AvgIpc) is 1.87. The van der Waals surface area contributed by atoms with E-state index in [0.717, 1.165) is 5.92 Å². The predicted octanol–water partition coefficient (Wildman–Crippen LogP) is 2.81. The fourth-order valence-electron chi connectivity index (χ4n) is 1.31. The molecule has 0 amide bonds. The first-order valence-electron chi connectivity index (χ1n) is 4.05. The molecule has 0 aliphatic heterocycles. The molecule has 0 radical (unpaired) electrons. The lowest BCUT2D eigenvalue weighted by Gasteiger charge is -2.15. The highest BCUT2D eigenvalue weighted by molar-refractivity contribution is 5.53. The van der Waals surface area contributed by atoms with E-state index in [1.807, 2.05) is 0 Å². The molecule has 11 heavy (non-hydrogen) atoms. The average molecular weight is 160 g/mol. The molecule has 0 spiro atoms. The molecule has 3 heteroatoms. The Morgan fingerprint density at radius 2 is 1.55 bits per heavy atom. The Morgan fingerprint density at radius 3 is 1.73 bits per heavy atom. The molecule has 0 aromatic rings. The lowest BCUT2D eigenvalue weighted by Crippen LogP contribution is -1.99. The minimum Gasteiger partial charge on any atom is -0.450 e. The summed E-state index contributed by atoms with van der Waals surface area (Å²) in [6.07, 6.45) is 5.60. The predicted molar refractivity (Wildman–Crippen MR) is 42.9 cm³/mol. The maximum Gasteiger partial charge on any atom is 0.503 e. The zero-order valence-electron chi connectivity index (χ0n) is 6.92. The van der Waals surface area contributed by atoms with Gasteiger partial charge in [0.1, 0.15) is 0 Å². The van der Waals surface area contributed by atoms with Crippen molar-refractivity contribution in [2.75, 3.05) is 0 Å². The van der Waals surface area contributed by atoms with Crippen LogP contribution in [0.1, 0.15) is 39.0 Å². The molecule has 0 unspecified atom stereocenters. The van der Waals surface area contributed by atoms with Crippen molar-refractivity contribution in [2.24, 2.45) is 5.92 Å². The highest BCUT2D eigenvalue weighted by atomic mass is 16.6. The van der Waals surface area contributed by atoms with Gasteiger partial charge in [-0.05, 0) is 5.92 Å². The number of carboxylic acid groups (broad SMARTS) is 2. The third-order valence-corrected chi connectivity index (χ3v) is 1.89. The molecule has 0 heterocycles. The van der Waals surface area contributed by atoms with Gasteiger partial charge in [-0.25, -0.2) is 4.79 Å². The molecule has 0 saturated heterocycles. The quantitative estimate of drug-likeness (QED) is 0.572. The maximum atomic E-state index is 8.56. The van der Waals surface area contributed by atoms with Crippen molar-refractivity contribution in [2.45, 2.75) is 39.0 Å². The minimum atomic E-state index is -1.83. The highest BCUT2D eigenvalue weighted by Crippen LogP contribution is 2.21. The van der Waals surface area contributed by atoms with E-state index < -0.39 is 6.16 Å². The molecule has 3 nitrogen and oxygen atoms in total. The van der Waals surface area contributed by atoms with E-state index in [1.165, 1.54) is 32.1 Å². The van der Waals surface area contributed by atoms with E-state index in [-0.39, 0.29) is 0 Å². The monoisotopic (exact) mass is 160 g/mol. The lowest BCUT2D eigenvalue weighted by atomic mass is 9.91. The Bertz CT molecular complexity index is 102. The largest absolute Gasteiger partial charge is 0.503 e. The van der Waals surface area contributed by atoms with Crippen LogP contribution >= 0.6 is 0 Å². The number of hydrogen-bond acceptors (Lipinski definition) is 1. The molecular weight excluding hydrogens is 144 g/mol. The van der Waals surface area contributed by atoms with Crippen molar-refractivity contribution in [3.63, 3.8) is 0 Å². The molecule has 1 aliphatic rings. The van der Waals surface area contributed by atoms with Crippen molar-refractivity contribution in [3.8, 4) is 0 Å². The lowest BCUT2D eigenvalue weighted by molar-refractivity contribution is 0.137.